The molecule has 16 heavy (non-hydrogen) atoms. The number of nitrogens with zero attached hydrogens (tertiary/aromatic N) is 1. The van der Waals surface area contributed by atoms with Gasteiger partial charge in [-0.1, -0.05) is 13.8 Å². The highest BCUT2D eigenvalue weighted by molar-refractivity contribution is 7.51. The largest absolute Gasteiger partial charge is 0.632 e. The van der Waals surface area contributed by atoms with Gasteiger partial charge in [0.2, 0.25) is 0 Å². The molecule has 0 aromatic rings. The molecule has 0 fully saturated rings. The summed E-state index contributed by atoms with van der Waals surface area (Å²) in [6.07, 6.45) is -0.572. The number of aliphatic carboxylic acids is 1. The van der Waals surface area contributed by atoms with E-state index in [-0.39, 0.29) is 13.0 Å². The molecular formula is C8H18NO6P. The van der Waals surface area contributed by atoms with E-state index >= 15 is 0 Å². The number of carboxylic acid groups (broad SMARTS) is 1. The van der Waals surface area contributed by atoms with E-state index in [4.69, 9.17) is 14.9 Å². The van der Waals surface area contributed by atoms with Crippen LogP contribution in [-0.2, 0) is 9.36 Å². The Morgan fingerprint density at radius 1 is 1.44 bits per heavy atom. The minimum atomic E-state index is -4.53. The molecule has 0 saturated carbocycles. The summed E-state index contributed by atoms with van der Waals surface area (Å²) in [6.45, 7) is 3.06. The van der Waals surface area contributed by atoms with E-state index in [0.717, 1.165) is 0 Å². The zero-order valence-electron chi connectivity index (χ0n) is 9.37. The zero-order chi connectivity index (χ0) is 13.0. The van der Waals surface area contributed by atoms with Gasteiger partial charge >= 0.3 is 13.6 Å². The van der Waals surface area contributed by atoms with Gasteiger partial charge in [-0.15, -0.1) is 0 Å². The van der Waals surface area contributed by atoms with Crippen molar-refractivity contribution in [1.82, 2.24) is 0 Å². The zero-order valence-corrected chi connectivity index (χ0v) is 10.3. The van der Waals surface area contributed by atoms with Crippen LogP contribution in [-0.4, -0.2) is 44.4 Å². The summed E-state index contributed by atoms with van der Waals surface area (Å²) >= 11 is 0. The Morgan fingerprint density at radius 3 is 2.19 bits per heavy atom. The van der Waals surface area contributed by atoms with Crippen LogP contribution in [0.4, 0.5) is 0 Å². The second-order valence-corrected chi connectivity index (χ2v) is 5.36. The third-order valence-corrected chi connectivity index (χ3v) is 3.11. The Bertz CT molecular complexity index is 290. The average molecular weight is 255 g/mol. The van der Waals surface area contributed by atoms with Crippen molar-refractivity contribution in [1.29, 1.82) is 0 Å². The lowest BCUT2D eigenvalue weighted by Crippen LogP contribution is -2.55. The lowest BCUT2D eigenvalue weighted by atomic mass is 10.2. The van der Waals surface area contributed by atoms with Crippen LogP contribution >= 0.6 is 7.60 Å². The van der Waals surface area contributed by atoms with E-state index in [2.05, 4.69) is 0 Å². The predicted molar refractivity (Wildman–Crippen MR) is 57.4 cm³/mol. The maximum atomic E-state index is 12.2. The fourth-order valence-electron chi connectivity index (χ4n) is 1.72. The van der Waals surface area contributed by atoms with Gasteiger partial charge in [-0.3, -0.25) is 4.57 Å². The first-order valence-electron chi connectivity index (χ1n) is 5.01. The first-order chi connectivity index (χ1) is 7.16. The summed E-state index contributed by atoms with van der Waals surface area (Å²) in [5, 5.41) is 21.0. The minimum absolute atomic E-state index is 0.0405. The quantitative estimate of drug-likeness (QED) is 0.350. The van der Waals surface area contributed by atoms with Gasteiger partial charge in [-0.05, 0) is 6.42 Å². The number of hydroxylamine groups is 3. The van der Waals surface area contributed by atoms with E-state index in [1.807, 2.05) is 0 Å². The summed E-state index contributed by atoms with van der Waals surface area (Å²) in [5.74, 6) is -1.32. The van der Waals surface area contributed by atoms with Crippen LogP contribution in [0.15, 0.2) is 0 Å². The molecule has 0 aliphatic rings. The van der Waals surface area contributed by atoms with E-state index < -0.39 is 30.5 Å². The van der Waals surface area contributed by atoms with Crippen LogP contribution in [0.25, 0.3) is 0 Å². The molecule has 3 N–H and O–H groups in total. The van der Waals surface area contributed by atoms with Gasteiger partial charge < -0.3 is 24.7 Å². The van der Waals surface area contributed by atoms with Crippen molar-refractivity contribution >= 4 is 13.6 Å². The molecule has 2 atom stereocenters. The highest BCUT2D eigenvalue weighted by atomic mass is 31.2. The monoisotopic (exact) mass is 255 g/mol. The summed E-state index contributed by atoms with van der Waals surface area (Å²) in [7, 11) is -4.53. The molecule has 8 heteroatoms. The highest BCUT2D eigenvalue weighted by Gasteiger charge is 2.38. The third kappa shape index (κ3) is 4.59. The maximum Gasteiger partial charge on any atom is 0.379 e. The molecule has 0 aromatic heterocycles. The Labute approximate surface area is 94.0 Å². The first kappa shape index (κ1) is 15.5. The second-order valence-electron chi connectivity index (χ2n) is 3.74. The topological polar surface area (TPSA) is 118 Å². The van der Waals surface area contributed by atoms with Gasteiger partial charge in [0.05, 0.1) is 6.54 Å². The van der Waals surface area contributed by atoms with Crippen molar-refractivity contribution in [3.63, 3.8) is 0 Å². The summed E-state index contributed by atoms with van der Waals surface area (Å²) < 4.78 is 9.48. The molecule has 0 aliphatic carbocycles. The standard InChI is InChI=1S/C8H18NO6P/c1-3-5-9(12,6-16(13,14)15)7(4-2)8(10)11/h7H,3-6H2,1-2H3,(H,10,11)(H2,13,14,15). The SMILES string of the molecule is CCC[N+]([O-])(CP(=O)(O)O)C(CC)C(=O)O. The maximum absolute atomic E-state index is 12.2. The molecule has 2 unspecified atom stereocenters. The van der Waals surface area contributed by atoms with E-state index in [1.54, 1.807) is 6.92 Å². The van der Waals surface area contributed by atoms with E-state index in [0.29, 0.717) is 6.42 Å². The second kappa shape index (κ2) is 5.75. The number of quaternary nitrogens is 1. The molecule has 0 rings (SSSR count). The van der Waals surface area contributed by atoms with Crippen LogP contribution in [0, 0.1) is 5.21 Å². The van der Waals surface area contributed by atoms with Crippen molar-refractivity contribution in [2.45, 2.75) is 32.7 Å². The van der Waals surface area contributed by atoms with Crippen molar-refractivity contribution in [3.8, 4) is 0 Å². The van der Waals surface area contributed by atoms with Crippen LogP contribution in [0.3, 0.4) is 0 Å². The molecule has 0 bridgehead atoms. The van der Waals surface area contributed by atoms with Crippen LogP contribution in [0.5, 0.6) is 0 Å². The summed E-state index contributed by atoms with van der Waals surface area (Å²) in [5.41, 5.74) is 0. The van der Waals surface area contributed by atoms with Crippen LogP contribution < -0.4 is 0 Å². The molecule has 7 nitrogen and oxygen atoms in total. The van der Waals surface area contributed by atoms with Gasteiger partial charge in [0.15, 0.2) is 12.3 Å². The molecule has 96 valence electrons. The molecule has 0 saturated heterocycles. The highest BCUT2D eigenvalue weighted by Crippen LogP contribution is 2.39. The van der Waals surface area contributed by atoms with E-state index in [1.165, 1.54) is 6.92 Å². The minimum Gasteiger partial charge on any atom is -0.632 e. The fraction of sp³-hybridized carbons (Fsp3) is 0.875. The molecule has 0 spiro atoms. The number of hydrogen-bond acceptors (Lipinski definition) is 3. The molecule has 0 aliphatic heterocycles. The molecule has 0 aromatic carbocycles. The number of hydrogen-bond donors (Lipinski definition) is 3. The third-order valence-electron chi connectivity index (χ3n) is 2.27. The van der Waals surface area contributed by atoms with Crippen molar-refractivity contribution in [2.75, 3.05) is 12.8 Å². The van der Waals surface area contributed by atoms with E-state index in [9.17, 15) is 14.6 Å². The van der Waals surface area contributed by atoms with Crippen molar-refractivity contribution in [3.05, 3.63) is 5.21 Å². The number of carboxylic acids is 1. The van der Waals surface area contributed by atoms with Crippen molar-refractivity contribution < 1.29 is 28.9 Å². The number of carbonyl (C=O) groups is 1. The molecule has 0 amide bonds. The first-order valence-corrected chi connectivity index (χ1v) is 6.81. The van der Waals surface area contributed by atoms with Gasteiger partial charge in [0, 0.05) is 6.42 Å². The van der Waals surface area contributed by atoms with Gasteiger partial charge in [-0.2, -0.15) is 0 Å². The Kier molecular flexibility index (Phi) is 5.58. The van der Waals surface area contributed by atoms with Gasteiger partial charge in [0.25, 0.3) is 0 Å². The van der Waals surface area contributed by atoms with Crippen LogP contribution in [0.2, 0.25) is 0 Å². The fourth-order valence-corrected chi connectivity index (χ4v) is 2.69. The summed E-state index contributed by atoms with van der Waals surface area (Å²) in [4.78, 5) is 28.5. The lowest BCUT2D eigenvalue weighted by molar-refractivity contribution is -0.887. The average Bonchev–Trinajstić information content (AvgIpc) is 1.99. The normalized spacial score (nSPS) is 17.8. The smallest absolute Gasteiger partial charge is 0.379 e. The molecule has 0 radical (unpaired) electrons. The van der Waals surface area contributed by atoms with Crippen molar-refractivity contribution in [2.24, 2.45) is 0 Å². The Hall–Kier alpha value is -0.460. The number of rotatable bonds is 7. The van der Waals surface area contributed by atoms with Crippen LogP contribution in [0.1, 0.15) is 26.7 Å². The summed E-state index contributed by atoms with van der Waals surface area (Å²) in [6, 6.07) is -1.33. The predicted octanol–water partition coefficient (Wildman–Crippen LogP) is 0.709. The van der Waals surface area contributed by atoms with Gasteiger partial charge in [-0.25, -0.2) is 4.79 Å². The van der Waals surface area contributed by atoms with Gasteiger partial charge in [0.1, 0.15) is 0 Å². The molecular weight excluding hydrogens is 237 g/mol. The Balaban J connectivity index is 5.06. The Morgan fingerprint density at radius 2 is 1.94 bits per heavy atom. The molecule has 0 heterocycles. The lowest BCUT2D eigenvalue weighted by Gasteiger charge is -2.46.